The maximum atomic E-state index is 10.3. The molecule has 4 heteroatoms. The molecular weight excluding hydrogens is 188 g/mol. The summed E-state index contributed by atoms with van der Waals surface area (Å²) < 4.78 is 9.80. The van der Waals surface area contributed by atoms with Crippen LogP contribution in [0, 0.1) is 0 Å². The number of hydrogen-bond donors (Lipinski definition) is 0. The van der Waals surface area contributed by atoms with Crippen molar-refractivity contribution in [2.45, 2.75) is 45.8 Å². The molecule has 1 unspecified atom stereocenters. The summed E-state index contributed by atoms with van der Waals surface area (Å²) in [6.07, 6.45) is 4.08. The highest BCUT2D eigenvalue weighted by molar-refractivity contribution is 7.96. The molecule has 0 saturated carbocycles. The highest BCUT2D eigenvalue weighted by atomic mass is 32.1. The lowest BCUT2D eigenvalue weighted by atomic mass is 10.2. The molecule has 0 rings (SSSR count). The van der Waals surface area contributed by atoms with Crippen molar-refractivity contribution in [3.8, 4) is 0 Å². The minimum absolute atomic E-state index is 0.508. The van der Waals surface area contributed by atoms with Gasteiger partial charge < -0.3 is 9.47 Å². The van der Waals surface area contributed by atoms with Gasteiger partial charge in [0.05, 0.1) is 6.61 Å². The van der Waals surface area contributed by atoms with Gasteiger partial charge >= 0.3 is 5.30 Å². The summed E-state index contributed by atoms with van der Waals surface area (Å²) in [5.41, 5.74) is 0. The highest BCUT2D eigenvalue weighted by Crippen LogP contribution is 2.02. The fourth-order valence-electron chi connectivity index (χ4n) is 0.948. The van der Waals surface area contributed by atoms with E-state index in [0.717, 1.165) is 12.8 Å². The Labute approximate surface area is 85.2 Å². The Balaban J connectivity index is 3.17. The van der Waals surface area contributed by atoms with Gasteiger partial charge in [0.15, 0.2) is 0 Å². The molecule has 0 aliphatic heterocycles. The first-order chi connectivity index (χ1) is 6.16. The smallest absolute Gasteiger partial charge is 0.402 e. The van der Waals surface area contributed by atoms with Crippen molar-refractivity contribution in [3.05, 3.63) is 0 Å². The van der Waals surface area contributed by atoms with Crippen molar-refractivity contribution in [1.29, 1.82) is 0 Å². The topological polar surface area (TPSA) is 35.5 Å². The maximum absolute atomic E-state index is 10.3. The van der Waals surface area contributed by atoms with Crippen LogP contribution >= 0.6 is 12.6 Å². The van der Waals surface area contributed by atoms with Gasteiger partial charge in [0, 0.05) is 12.6 Å². The van der Waals surface area contributed by atoms with E-state index in [-0.39, 0.29) is 0 Å². The monoisotopic (exact) mass is 205 g/mol. The molecule has 0 aliphatic rings. The summed E-state index contributed by atoms with van der Waals surface area (Å²) in [6, 6.07) is 0. The molecule has 0 fully saturated rings. The Bertz CT molecular complexity index is 139. The van der Waals surface area contributed by atoms with Crippen LogP contribution in [0.2, 0.25) is 0 Å². The predicted molar refractivity (Wildman–Crippen MR) is 53.6 cm³/mol. The Morgan fingerprint density at radius 2 is 2.08 bits per heavy atom. The molecule has 13 heavy (non-hydrogen) atoms. The fraction of sp³-hybridized carbons (Fsp3) is 0.889. The van der Waals surface area contributed by atoms with Crippen molar-refractivity contribution in [2.75, 3.05) is 6.61 Å². The Kier molecular flexibility index (Phi) is 8.04. The van der Waals surface area contributed by atoms with E-state index in [9.17, 15) is 4.79 Å². The van der Waals surface area contributed by atoms with Crippen LogP contribution in [0.4, 0.5) is 4.79 Å². The molecule has 0 heterocycles. The Morgan fingerprint density at radius 1 is 1.38 bits per heavy atom. The number of unbranched alkanes of at least 4 members (excludes halogenated alkanes) is 3. The molecule has 3 nitrogen and oxygen atoms in total. The third kappa shape index (κ3) is 9.56. The summed E-state index contributed by atoms with van der Waals surface area (Å²) in [4.78, 5) is 10.3. The van der Waals surface area contributed by atoms with Crippen LogP contribution in [-0.2, 0) is 9.47 Å². The maximum Gasteiger partial charge on any atom is 0.402 e. The second kappa shape index (κ2) is 8.26. The number of rotatable bonds is 7. The van der Waals surface area contributed by atoms with Crippen molar-refractivity contribution in [1.82, 2.24) is 0 Å². The van der Waals surface area contributed by atoms with Crippen molar-refractivity contribution in [3.63, 3.8) is 0 Å². The molecule has 0 aromatic heterocycles. The summed E-state index contributed by atoms with van der Waals surface area (Å²) in [7, 11) is 0. The predicted octanol–water partition coefficient (Wildman–Crippen LogP) is 3.26. The molecule has 0 amide bonds. The van der Waals surface area contributed by atoms with Crippen LogP contribution < -0.4 is 0 Å². The van der Waals surface area contributed by atoms with Crippen LogP contribution in [0.1, 0.15) is 39.5 Å². The van der Waals surface area contributed by atoms with Gasteiger partial charge in [0.25, 0.3) is 0 Å². The van der Waals surface area contributed by atoms with Gasteiger partial charge in [-0.3, -0.25) is 0 Å². The third-order valence-electron chi connectivity index (χ3n) is 1.61. The second-order valence-electron chi connectivity index (χ2n) is 2.87. The normalized spacial score (nSPS) is 12.5. The standard InChI is InChI=1S/C9H17O3S/c1-3-4-5-6-7-11-8(2)12-9(10)13/h8H,3-7H2,1-2H3. The average molecular weight is 205 g/mol. The summed E-state index contributed by atoms with van der Waals surface area (Å²) in [5.74, 6) is 0. The molecule has 0 aliphatic carbocycles. The zero-order valence-corrected chi connectivity index (χ0v) is 9.06. The minimum Gasteiger partial charge on any atom is -0.425 e. The lowest BCUT2D eigenvalue weighted by molar-refractivity contribution is -0.0843. The van der Waals surface area contributed by atoms with E-state index < -0.39 is 11.6 Å². The highest BCUT2D eigenvalue weighted by Gasteiger charge is 2.05. The molecular formula is C9H17O3S. The van der Waals surface area contributed by atoms with Crippen LogP contribution in [0.5, 0.6) is 0 Å². The third-order valence-corrected chi connectivity index (χ3v) is 1.71. The van der Waals surface area contributed by atoms with E-state index in [1.165, 1.54) is 12.8 Å². The summed E-state index contributed by atoms with van der Waals surface area (Å²) in [6.45, 7) is 4.45. The summed E-state index contributed by atoms with van der Waals surface area (Å²) >= 11 is 4.23. The number of hydrogen-bond acceptors (Lipinski definition) is 3. The average Bonchev–Trinajstić information content (AvgIpc) is 2.02. The van der Waals surface area contributed by atoms with Crippen LogP contribution in [0.3, 0.4) is 0 Å². The van der Waals surface area contributed by atoms with Gasteiger partial charge in [-0.2, -0.15) is 0 Å². The van der Waals surface area contributed by atoms with Gasteiger partial charge in [-0.25, -0.2) is 4.79 Å². The number of carbonyl (C=O) groups excluding carboxylic acids is 1. The molecule has 0 bridgehead atoms. The quantitative estimate of drug-likeness (QED) is 0.363. The van der Waals surface area contributed by atoms with E-state index in [4.69, 9.17) is 4.74 Å². The minimum atomic E-state index is -0.707. The van der Waals surface area contributed by atoms with Gasteiger partial charge in [0.1, 0.15) is 0 Å². The van der Waals surface area contributed by atoms with Crippen LogP contribution in [0.15, 0.2) is 0 Å². The first-order valence-electron chi connectivity index (χ1n) is 4.66. The summed E-state index contributed by atoms with van der Waals surface area (Å²) in [5, 5.41) is -0.707. The largest absolute Gasteiger partial charge is 0.425 e. The lowest BCUT2D eigenvalue weighted by Gasteiger charge is -2.11. The van der Waals surface area contributed by atoms with Crippen molar-refractivity contribution in [2.24, 2.45) is 0 Å². The van der Waals surface area contributed by atoms with E-state index in [2.05, 4.69) is 24.3 Å². The molecule has 0 saturated heterocycles. The van der Waals surface area contributed by atoms with E-state index in [0.29, 0.717) is 6.61 Å². The lowest BCUT2D eigenvalue weighted by Crippen LogP contribution is -2.14. The molecule has 77 valence electrons. The number of ether oxygens (including phenoxy) is 2. The van der Waals surface area contributed by atoms with Crippen molar-refractivity contribution < 1.29 is 14.3 Å². The van der Waals surface area contributed by atoms with Crippen molar-refractivity contribution >= 4 is 17.9 Å². The molecule has 0 aromatic rings. The van der Waals surface area contributed by atoms with Gasteiger partial charge in [0.2, 0.25) is 6.29 Å². The zero-order valence-electron chi connectivity index (χ0n) is 8.25. The fourth-order valence-corrected chi connectivity index (χ4v) is 1.08. The van der Waals surface area contributed by atoms with Gasteiger partial charge in [-0.05, 0) is 13.3 Å². The zero-order chi connectivity index (χ0) is 10.1. The second-order valence-corrected chi connectivity index (χ2v) is 3.20. The van der Waals surface area contributed by atoms with E-state index >= 15 is 0 Å². The molecule has 0 spiro atoms. The molecule has 1 atom stereocenters. The van der Waals surface area contributed by atoms with E-state index in [1.807, 2.05) is 0 Å². The molecule has 0 N–H and O–H groups in total. The Morgan fingerprint density at radius 3 is 2.62 bits per heavy atom. The first-order valence-corrected chi connectivity index (χ1v) is 5.07. The SMILES string of the molecule is CCCCCCOC(C)OC(=O)[S]. The number of carbonyl (C=O) groups is 1. The van der Waals surface area contributed by atoms with Crippen LogP contribution in [-0.4, -0.2) is 18.2 Å². The first kappa shape index (κ1) is 12.7. The molecule has 1 radical (unpaired) electrons. The van der Waals surface area contributed by atoms with Gasteiger partial charge in [-0.1, -0.05) is 26.2 Å². The molecule has 0 aromatic carbocycles. The Hall–Kier alpha value is -0.350. The van der Waals surface area contributed by atoms with Gasteiger partial charge in [-0.15, -0.1) is 0 Å². The van der Waals surface area contributed by atoms with E-state index in [1.54, 1.807) is 6.92 Å². The van der Waals surface area contributed by atoms with Crippen LogP contribution in [0.25, 0.3) is 0 Å².